The highest BCUT2D eigenvalue weighted by atomic mass is 16.5. The van der Waals surface area contributed by atoms with Crippen molar-refractivity contribution in [1.29, 1.82) is 0 Å². The molecule has 0 saturated carbocycles. The van der Waals surface area contributed by atoms with Crippen molar-refractivity contribution in [3.8, 4) is 5.75 Å². The van der Waals surface area contributed by atoms with Gasteiger partial charge in [-0.1, -0.05) is 43.3 Å². The summed E-state index contributed by atoms with van der Waals surface area (Å²) in [6, 6.07) is 19.7. The number of ether oxygens (including phenoxy) is 1. The summed E-state index contributed by atoms with van der Waals surface area (Å²) < 4.78 is 6.83. The third-order valence-electron chi connectivity index (χ3n) is 4.06. The van der Waals surface area contributed by atoms with E-state index < -0.39 is 0 Å². The molecule has 2 aromatic carbocycles. The zero-order valence-electron chi connectivity index (χ0n) is 15.1. The largest absolute Gasteiger partial charge is 0.492 e. The van der Waals surface area contributed by atoms with Crippen LogP contribution in [0, 0.1) is 0 Å². The monoisotopic (exact) mass is 363 g/mol. The fourth-order valence-electron chi connectivity index (χ4n) is 2.63. The highest BCUT2D eigenvalue weighted by Gasteiger charge is 2.11. The van der Waals surface area contributed by atoms with E-state index in [1.807, 2.05) is 61.5 Å². The Morgan fingerprint density at radius 3 is 2.56 bits per heavy atom. The topological polar surface area (TPSA) is 73.2 Å². The normalized spacial score (nSPS) is 10.4. The third kappa shape index (κ3) is 4.82. The van der Waals surface area contributed by atoms with Gasteiger partial charge in [0, 0.05) is 11.8 Å². The molecule has 0 aliphatic rings. The second-order valence-corrected chi connectivity index (χ2v) is 5.91. The summed E-state index contributed by atoms with van der Waals surface area (Å²) in [7, 11) is 0. The van der Waals surface area contributed by atoms with Gasteiger partial charge < -0.3 is 10.1 Å². The van der Waals surface area contributed by atoms with Gasteiger partial charge in [-0.2, -0.15) is 5.10 Å². The minimum absolute atomic E-state index is 0.181. The quantitative estimate of drug-likeness (QED) is 0.700. The highest BCUT2D eigenvalue weighted by Crippen LogP contribution is 2.16. The standard InChI is InChI=1S/C21H21N3O3/c1-2-16-8-6-7-11-18(16)22-21(26)19-12-13-20(25)24(23-19)14-15-27-17-9-4-3-5-10-17/h3-13H,2,14-15H2,1H3,(H,22,26). The lowest BCUT2D eigenvalue weighted by molar-refractivity contribution is 0.101. The van der Waals surface area contributed by atoms with Gasteiger partial charge in [0.05, 0.1) is 6.54 Å². The van der Waals surface area contributed by atoms with Crippen molar-refractivity contribution >= 4 is 11.6 Å². The maximum absolute atomic E-state index is 12.5. The molecule has 6 heteroatoms. The van der Waals surface area contributed by atoms with Crippen molar-refractivity contribution in [3.05, 3.63) is 88.3 Å². The smallest absolute Gasteiger partial charge is 0.276 e. The van der Waals surface area contributed by atoms with E-state index in [4.69, 9.17) is 4.74 Å². The fraction of sp³-hybridized carbons (Fsp3) is 0.190. The Morgan fingerprint density at radius 1 is 1.04 bits per heavy atom. The van der Waals surface area contributed by atoms with Crippen molar-refractivity contribution in [2.45, 2.75) is 19.9 Å². The second kappa shape index (κ2) is 8.80. The van der Waals surface area contributed by atoms with E-state index in [9.17, 15) is 9.59 Å². The summed E-state index contributed by atoms with van der Waals surface area (Å²) in [6.45, 7) is 2.55. The van der Waals surface area contributed by atoms with E-state index in [1.54, 1.807) is 0 Å². The van der Waals surface area contributed by atoms with Crippen LogP contribution >= 0.6 is 0 Å². The van der Waals surface area contributed by atoms with E-state index in [2.05, 4.69) is 10.4 Å². The molecule has 1 aromatic heterocycles. The SMILES string of the molecule is CCc1ccccc1NC(=O)c1ccc(=O)n(CCOc2ccccc2)n1. The molecule has 0 spiro atoms. The van der Waals surface area contributed by atoms with Gasteiger partial charge in [0.15, 0.2) is 0 Å². The molecule has 0 fully saturated rings. The van der Waals surface area contributed by atoms with Crippen LogP contribution in [0.2, 0.25) is 0 Å². The number of anilines is 1. The molecule has 0 radical (unpaired) electrons. The molecule has 6 nitrogen and oxygen atoms in total. The van der Waals surface area contributed by atoms with Crippen molar-refractivity contribution in [3.63, 3.8) is 0 Å². The van der Waals surface area contributed by atoms with Crippen LogP contribution in [0.1, 0.15) is 23.0 Å². The molecule has 1 heterocycles. The molecule has 1 amide bonds. The van der Waals surface area contributed by atoms with Crippen LogP contribution in [0.3, 0.4) is 0 Å². The number of carbonyl (C=O) groups excluding carboxylic acids is 1. The van der Waals surface area contributed by atoms with E-state index in [1.165, 1.54) is 16.8 Å². The first-order valence-electron chi connectivity index (χ1n) is 8.82. The zero-order valence-corrected chi connectivity index (χ0v) is 15.1. The van der Waals surface area contributed by atoms with Crippen LogP contribution in [0.5, 0.6) is 5.75 Å². The van der Waals surface area contributed by atoms with E-state index >= 15 is 0 Å². The number of nitrogens with one attached hydrogen (secondary N) is 1. The average molecular weight is 363 g/mol. The average Bonchev–Trinajstić information content (AvgIpc) is 2.70. The number of amides is 1. The van der Waals surface area contributed by atoms with E-state index in [0.717, 1.165) is 23.4 Å². The summed E-state index contributed by atoms with van der Waals surface area (Å²) in [4.78, 5) is 24.5. The number of hydrogen-bond donors (Lipinski definition) is 1. The first-order chi connectivity index (χ1) is 13.2. The molecular weight excluding hydrogens is 342 g/mol. The lowest BCUT2D eigenvalue weighted by atomic mass is 10.1. The molecule has 138 valence electrons. The molecule has 0 bridgehead atoms. The number of aromatic nitrogens is 2. The number of benzene rings is 2. The molecule has 0 atom stereocenters. The van der Waals surface area contributed by atoms with Gasteiger partial charge >= 0.3 is 0 Å². The lowest BCUT2D eigenvalue weighted by Gasteiger charge is -2.11. The molecule has 0 unspecified atom stereocenters. The van der Waals surface area contributed by atoms with Gasteiger partial charge in [-0.3, -0.25) is 9.59 Å². The van der Waals surface area contributed by atoms with Crippen molar-refractivity contribution in [1.82, 2.24) is 9.78 Å². The van der Waals surface area contributed by atoms with Crippen LogP contribution < -0.4 is 15.6 Å². The Hall–Kier alpha value is -3.41. The summed E-state index contributed by atoms with van der Waals surface area (Å²) in [5, 5.41) is 7.03. The molecule has 27 heavy (non-hydrogen) atoms. The van der Waals surface area contributed by atoms with Crippen molar-refractivity contribution < 1.29 is 9.53 Å². The minimum atomic E-state index is -0.353. The van der Waals surface area contributed by atoms with Gasteiger partial charge in [-0.25, -0.2) is 4.68 Å². The number of rotatable bonds is 7. The predicted molar refractivity (Wildman–Crippen MR) is 104 cm³/mol. The summed E-state index contributed by atoms with van der Waals surface area (Å²) in [5.74, 6) is 0.365. The highest BCUT2D eigenvalue weighted by molar-refractivity contribution is 6.03. The van der Waals surface area contributed by atoms with Crippen LogP contribution in [0.15, 0.2) is 71.5 Å². The summed E-state index contributed by atoms with van der Waals surface area (Å²) in [6.07, 6.45) is 0.806. The summed E-state index contributed by atoms with van der Waals surface area (Å²) in [5.41, 5.74) is 1.68. The Morgan fingerprint density at radius 2 is 1.78 bits per heavy atom. The molecule has 3 rings (SSSR count). The number of hydrogen-bond acceptors (Lipinski definition) is 4. The molecule has 0 saturated heterocycles. The first kappa shape index (κ1) is 18.4. The van der Waals surface area contributed by atoms with Crippen LogP contribution in [-0.4, -0.2) is 22.3 Å². The van der Waals surface area contributed by atoms with Gasteiger partial charge in [0.25, 0.3) is 11.5 Å². The second-order valence-electron chi connectivity index (χ2n) is 5.91. The Bertz CT molecular complexity index is 968. The predicted octanol–water partition coefficient (Wildman–Crippen LogP) is 3.14. The summed E-state index contributed by atoms with van der Waals surface area (Å²) >= 11 is 0. The molecule has 1 N–H and O–H groups in total. The van der Waals surface area contributed by atoms with Crippen molar-refractivity contribution in [2.75, 3.05) is 11.9 Å². The first-order valence-corrected chi connectivity index (χ1v) is 8.82. The minimum Gasteiger partial charge on any atom is -0.492 e. The number of nitrogens with zero attached hydrogens (tertiary/aromatic N) is 2. The molecule has 0 aliphatic carbocycles. The van der Waals surface area contributed by atoms with Gasteiger partial charge in [-0.05, 0) is 36.2 Å². The maximum atomic E-state index is 12.5. The van der Waals surface area contributed by atoms with Gasteiger partial charge in [-0.15, -0.1) is 0 Å². The van der Waals surface area contributed by atoms with Gasteiger partial charge in [0.2, 0.25) is 0 Å². The van der Waals surface area contributed by atoms with Crippen LogP contribution in [0.4, 0.5) is 5.69 Å². The molecule has 3 aromatic rings. The van der Waals surface area contributed by atoms with Crippen molar-refractivity contribution in [2.24, 2.45) is 0 Å². The third-order valence-corrected chi connectivity index (χ3v) is 4.06. The zero-order chi connectivity index (χ0) is 19.1. The molecular formula is C21H21N3O3. The Kier molecular flexibility index (Phi) is 5.99. The fourth-order valence-corrected chi connectivity index (χ4v) is 2.63. The molecule has 0 aliphatic heterocycles. The maximum Gasteiger partial charge on any atom is 0.276 e. The Labute approximate surface area is 157 Å². The Balaban J connectivity index is 1.68. The van der Waals surface area contributed by atoms with E-state index in [-0.39, 0.29) is 30.3 Å². The lowest BCUT2D eigenvalue weighted by Crippen LogP contribution is -2.28. The number of carbonyl (C=O) groups is 1. The van der Waals surface area contributed by atoms with Gasteiger partial charge in [0.1, 0.15) is 18.1 Å². The van der Waals surface area contributed by atoms with Crippen LogP contribution in [0.25, 0.3) is 0 Å². The van der Waals surface area contributed by atoms with E-state index in [0.29, 0.717) is 0 Å². The van der Waals surface area contributed by atoms with Crippen LogP contribution in [-0.2, 0) is 13.0 Å². The number of aryl methyl sites for hydroxylation is 1. The number of para-hydroxylation sites is 2.